The predicted octanol–water partition coefficient (Wildman–Crippen LogP) is 3.38. The van der Waals surface area contributed by atoms with Crippen molar-refractivity contribution in [3.05, 3.63) is 36.4 Å². The molecule has 0 heterocycles. The first-order valence-corrected chi connectivity index (χ1v) is 6.13. The summed E-state index contributed by atoms with van der Waals surface area (Å²) in [7, 11) is 1.71. The van der Waals surface area contributed by atoms with Gasteiger partial charge in [-0.15, -0.1) is 0 Å². The lowest BCUT2D eigenvalue weighted by Gasteiger charge is -2.22. The average Bonchev–Trinajstić information content (AvgIpc) is 2.39. The maximum atomic E-state index is 9.83. The number of phenols is 1. The van der Waals surface area contributed by atoms with E-state index in [1.165, 1.54) is 0 Å². The number of rotatable bonds is 4. The van der Waals surface area contributed by atoms with E-state index < -0.39 is 0 Å². The number of hydrogen-bond acceptors (Lipinski definition) is 3. The molecule has 3 nitrogen and oxygen atoms in total. The number of methoxy groups -OCH3 is 1. The van der Waals surface area contributed by atoms with Crippen molar-refractivity contribution >= 4 is 16.5 Å². The van der Waals surface area contributed by atoms with Crippen LogP contribution in [0.5, 0.6) is 5.75 Å². The van der Waals surface area contributed by atoms with Crippen LogP contribution in [0.4, 0.5) is 5.69 Å². The molecule has 96 valence electrons. The van der Waals surface area contributed by atoms with Crippen molar-refractivity contribution in [2.45, 2.75) is 26.0 Å². The van der Waals surface area contributed by atoms with Gasteiger partial charge in [-0.1, -0.05) is 24.3 Å². The van der Waals surface area contributed by atoms with Gasteiger partial charge in [0, 0.05) is 29.6 Å². The molecule has 18 heavy (non-hydrogen) atoms. The van der Waals surface area contributed by atoms with Gasteiger partial charge in [-0.05, 0) is 26.0 Å². The van der Waals surface area contributed by atoms with Crippen molar-refractivity contribution in [1.82, 2.24) is 0 Å². The van der Waals surface area contributed by atoms with Crippen LogP contribution in [0.2, 0.25) is 0 Å². The molecule has 0 spiro atoms. The zero-order valence-corrected chi connectivity index (χ0v) is 11.0. The summed E-state index contributed by atoms with van der Waals surface area (Å²) in [5, 5.41) is 15.1. The summed E-state index contributed by atoms with van der Waals surface area (Å²) in [6.07, 6.45) is 0.123. The van der Waals surface area contributed by atoms with Crippen LogP contribution in [0.1, 0.15) is 13.8 Å². The average molecular weight is 245 g/mol. The number of fused-ring (bicyclic) bond motifs is 1. The molecule has 0 saturated heterocycles. The number of anilines is 1. The van der Waals surface area contributed by atoms with Crippen molar-refractivity contribution in [1.29, 1.82) is 0 Å². The predicted molar refractivity (Wildman–Crippen MR) is 75.2 cm³/mol. The Morgan fingerprint density at radius 3 is 2.44 bits per heavy atom. The SMILES string of the molecule is COC(C)C(C)Nc1cccc2c(O)cccc12. The molecule has 0 aliphatic heterocycles. The first-order chi connectivity index (χ1) is 8.63. The lowest BCUT2D eigenvalue weighted by molar-refractivity contribution is 0.106. The van der Waals surface area contributed by atoms with Gasteiger partial charge < -0.3 is 15.2 Å². The van der Waals surface area contributed by atoms with Crippen molar-refractivity contribution in [2.75, 3.05) is 12.4 Å². The quantitative estimate of drug-likeness (QED) is 0.867. The van der Waals surface area contributed by atoms with Gasteiger partial charge in [-0.2, -0.15) is 0 Å². The Labute approximate surface area is 107 Å². The molecule has 0 aliphatic carbocycles. The highest BCUT2D eigenvalue weighted by molar-refractivity contribution is 5.97. The van der Waals surface area contributed by atoms with Gasteiger partial charge in [-0.25, -0.2) is 0 Å². The lowest BCUT2D eigenvalue weighted by atomic mass is 10.1. The monoisotopic (exact) mass is 245 g/mol. The fourth-order valence-electron chi connectivity index (χ4n) is 1.99. The van der Waals surface area contributed by atoms with E-state index in [4.69, 9.17) is 4.74 Å². The Morgan fingerprint density at radius 2 is 1.72 bits per heavy atom. The minimum absolute atomic E-state index is 0.123. The Kier molecular flexibility index (Phi) is 3.72. The third kappa shape index (κ3) is 2.41. The molecule has 2 rings (SSSR count). The molecule has 0 bridgehead atoms. The summed E-state index contributed by atoms with van der Waals surface area (Å²) in [6.45, 7) is 4.11. The Morgan fingerprint density at radius 1 is 1.06 bits per heavy atom. The second kappa shape index (κ2) is 5.27. The Balaban J connectivity index is 2.37. The van der Waals surface area contributed by atoms with E-state index in [0.717, 1.165) is 16.5 Å². The fourth-order valence-corrected chi connectivity index (χ4v) is 1.99. The number of phenolic OH excluding ortho intramolecular Hbond substituents is 1. The fraction of sp³-hybridized carbons (Fsp3) is 0.333. The number of ether oxygens (including phenoxy) is 1. The Bertz CT molecular complexity index is 539. The molecular weight excluding hydrogens is 226 g/mol. The number of nitrogens with one attached hydrogen (secondary N) is 1. The standard InChI is InChI=1S/C15H19NO2/c1-10(11(2)18-3)16-14-8-4-7-13-12(14)6-5-9-15(13)17/h4-11,16-17H,1-3H3. The van der Waals surface area contributed by atoms with E-state index >= 15 is 0 Å². The summed E-state index contributed by atoms with van der Waals surface area (Å²) >= 11 is 0. The van der Waals surface area contributed by atoms with E-state index in [1.807, 2.05) is 37.3 Å². The van der Waals surface area contributed by atoms with Gasteiger partial charge >= 0.3 is 0 Å². The van der Waals surface area contributed by atoms with E-state index in [-0.39, 0.29) is 12.1 Å². The van der Waals surface area contributed by atoms with Gasteiger partial charge in [0.15, 0.2) is 0 Å². The summed E-state index contributed by atoms with van der Waals surface area (Å²) in [6, 6.07) is 11.6. The van der Waals surface area contributed by atoms with Gasteiger partial charge in [0.05, 0.1) is 6.10 Å². The molecule has 0 amide bonds. The smallest absolute Gasteiger partial charge is 0.123 e. The molecule has 0 aliphatic rings. The summed E-state index contributed by atoms with van der Waals surface area (Å²) in [5.41, 5.74) is 1.01. The first kappa shape index (κ1) is 12.7. The van der Waals surface area contributed by atoms with Crippen LogP contribution < -0.4 is 5.32 Å². The van der Waals surface area contributed by atoms with Crippen LogP contribution in [0, 0.1) is 0 Å². The third-order valence-electron chi connectivity index (χ3n) is 3.36. The molecule has 0 aromatic heterocycles. The molecule has 0 radical (unpaired) electrons. The summed E-state index contributed by atoms with van der Waals surface area (Å²) in [4.78, 5) is 0. The van der Waals surface area contributed by atoms with Crippen LogP contribution in [0.3, 0.4) is 0 Å². The second-order valence-corrected chi connectivity index (χ2v) is 4.55. The highest BCUT2D eigenvalue weighted by Gasteiger charge is 2.12. The molecule has 2 aromatic rings. The van der Waals surface area contributed by atoms with E-state index in [9.17, 15) is 5.11 Å². The first-order valence-electron chi connectivity index (χ1n) is 6.13. The molecule has 2 atom stereocenters. The van der Waals surface area contributed by atoms with Crippen molar-refractivity contribution in [2.24, 2.45) is 0 Å². The summed E-state index contributed by atoms with van der Waals surface area (Å²) < 4.78 is 5.31. The molecular formula is C15H19NO2. The summed E-state index contributed by atoms with van der Waals surface area (Å²) in [5.74, 6) is 0.309. The molecule has 0 saturated carbocycles. The van der Waals surface area contributed by atoms with Crippen LogP contribution in [0.25, 0.3) is 10.8 Å². The van der Waals surface area contributed by atoms with Crippen molar-refractivity contribution in [3.63, 3.8) is 0 Å². The minimum Gasteiger partial charge on any atom is -0.507 e. The molecule has 2 unspecified atom stereocenters. The minimum atomic E-state index is 0.123. The van der Waals surface area contributed by atoms with Gasteiger partial charge in [0.25, 0.3) is 0 Å². The highest BCUT2D eigenvalue weighted by Crippen LogP contribution is 2.30. The zero-order chi connectivity index (χ0) is 13.1. The van der Waals surface area contributed by atoms with E-state index in [2.05, 4.69) is 12.2 Å². The molecule has 2 aromatic carbocycles. The number of aromatic hydroxyl groups is 1. The van der Waals surface area contributed by atoms with Gasteiger partial charge in [-0.3, -0.25) is 0 Å². The van der Waals surface area contributed by atoms with Crippen LogP contribution in [0.15, 0.2) is 36.4 Å². The van der Waals surface area contributed by atoms with Gasteiger partial charge in [0.2, 0.25) is 0 Å². The maximum absolute atomic E-state index is 9.83. The van der Waals surface area contributed by atoms with Gasteiger partial charge in [0.1, 0.15) is 5.75 Å². The second-order valence-electron chi connectivity index (χ2n) is 4.55. The topological polar surface area (TPSA) is 41.5 Å². The zero-order valence-electron chi connectivity index (χ0n) is 11.0. The molecule has 2 N–H and O–H groups in total. The van der Waals surface area contributed by atoms with Crippen molar-refractivity contribution < 1.29 is 9.84 Å². The van der Waals surface area contributed by atoms with Crippen molar-refractivity contribution in [3.8, 4) is 5.75 Å². The van der Waals surface area contributed by atoms with E-state index in [1.54, 1.807) is 13.2 Å². The van der Waals surface area contributed by atoms with Crippen LogP contribution in [-0.4, -0.2) is 24.4 Å². The third-order valence-corrected chi connectivity index (χ3v) is 3.36. The maximum Gasteiger partial charge on any atom is 0.123 e. The molecule has 0 fully saturated rings. The highest BCUT2D eigenvalue weighted by atomic mass is 16.5. The van der Waals surface area contributed by atoms with Crippen LogP contribution >= 0.6 is 0 Å². The lowest BCUT2D eigenvalue weighted by Crippen LogP contribution is -2.29. The molecule has 3 heteroatoms. The van der Waals surface area contributed by atoms with E-state index in [0.29, 0.717) is 5.75 Å². The van der Waals surface area contributed by atoms with Crippen LogP contribution in [-0.2, 0) is 4.74 Å². The number of benzene rings is 2. The normalized spacial score (nSPS) is 14.4. The Hall–Kier alpha value is -1.74. The largest absolute Gasteiger partial charge is 0.507 e. The number of hydrogen-bond donors (Lipinski definition) is 2.